The lowest BCUT2D eigenvalue weighted by Crippen LogP contribution is -2.35. The second-order valence-electron chi connectivity index (χ2n) is 17.6. The lowest BCUT2D eigenvalue weighted by Gasteiger charge is -2.28. The monoisotopic (exact) mass is 758 g/mol. The van der Waals surface area contributed by atoms with E-state index in [-0.39, 0.29) is 0 Å². The summed E-state index contributed by atoms with van der Waals surface area (Å²) in [5.74, 6) is 3.52. The molecule has 0 aliphatic carbocycles. The van der Waals surface area contributed by atoms with Crippen molar-refractivity contribution in [1.82, 2.24) is 0 Å². The third kappa shape index (κ3) is 8.41. The molecule has 292 valence electrons. The Kier molecular flexibility index (Phi) is 10.8. The molecular formula is C51H58N4O2+2. The van der Waals surface area contributed by atoms with Gasteiger partial charge < -0.3 is 19.3 Å². The zero-order valence-electron chi connectivity index (χ0n) is 34.7. The van der Waals surface area contributed by atoms with Crippen molar-refractivity contribution in [3.8, 4) is 11.5 Å². The van der Waals surface area contributed by atoms with Gasteiger partial charge in [0.2, 0.25) is 22.8 Å². The molecule has 0 bridgehead atoms. The van der Waals surface area contributed by atoms with Gasteiger partial charge >= 0.3 is 0 Å². The molecule has 2 aromatic heterocycles. The van der Waals surface area contributed by atoms with Gasteiger partial charge in [-0.15, -0.1) is 0 Å². The first-order valence-corrected chi connectivity index (χ1v) is 20.8. The predicted octanol–water partition coefficient (Wildman–Crippen LogP) is 11.7. The van der Waals surface area contributed by atoms with Crippen LogP contribution in [0.2, 0.25) is 0 Å². The number of ether oxygens (including phenoxy) is 2. The molecule has 0 fully saturated rings. The number of hydrogen-bond acceptors (Lipinski definition) is 4. The van der Waals surface area contributed by atoms with Crippen LogP contribution in [0.1, 0.15) is 83.8 Å². The number of benzene rings is 4. The summed E-state index contributed by atoms with van der Waals surface area (Å²) in [6.07, 6.45) is 17.3. The van der Waals surface area contributed by atoms with Gasteiger partial charge in [-0.25, -0.2) is 0 Å². The number of rotatable bonds is 14. The van der Waals surface area contributed by atoms with Crippen LogP contribution in [-0.2, 0) is 13.1 Å². The zero-order valence-corrected chi connectivity index (χ0v) is 34.7. The minimum atomic E-state index is 0.309. The average Bonchev–Trinajstić information content (AvgIpc) is 3.70. The van der Waals surface area contributed by atoms with Crippen molar-refractivity contribution in [1.29, 1.82) is 0 Å². The number of aromatic nitrogens is 2. The maximum absolute atomic E-state index is 6.21. The molecule has 0 atom stereocenters. The van der Waals surface area contributed by atoms with Crippen LogP contribution in [0.25, 0.3) is 34.0 Å². The van der Waals surface area contributed by atoms with E-state index in [2.05, 4.69) is 170 Å². The highest BCUT2D eigenvalue weighted by molar-refractivity contribution is 5.88. The number of para-hydroxylation sites is 6. The maximum Gasteiger partial charge on any atom is 0.213 e. The molecule has 6 aromatic rings. The number of hydrogen-bond donors (Lipinski definition) is 0. The van der Waals surface area contributed by atoms with E-state index in [1.807, 2.05) is 24.3 Å². The highest BCUT2D eigenvalue weighted by Crippen LogP contribution is 2.40. The zero-order chi connectivity index (χ0) is 39.6. The standard InChI is InChI=1S/C51H58N4O2/c1-50(2,30-16-32-54-34-26-38(40-18-7-9-20-42(40)54)36-48-52(5)44-22-11-13-24-46(44)56-48)28-15-29-51(3,4)31-17-33-55-35-27-39(41-19-8-10-21-43(41)55)37-49-53(6)45-23-12-14-25-47(45)57-49/h7-14,18-27,34-37H,15-17,28-33H2,1-6H3/q+2. The van der Waals surface area contributed by atoms with E-state index < -0.39 is 0 Å². The van der Waals surface area contributed by atoms with Crippen molar-refractivity contribution in [2.75, 3.05) is 23.9 Å². The number of nitrogens with zero attached hydrogens (tertiary/aromatic N) is 4. The van der Waals surface area contributed by atoms with Crippen LogP contribution < -0.4 is 28.4 Å². The van der Waals surface area contributed by atoms with Gasteiger partial charge in [-0.1, -0.05) is 82.6 Å². The van der Waals surface area contributed by atoms with Crippen LogP contribution in [0.15, 0.2) is 133 Å². The second kappa shape index (κ2) is 16.1. The third-order valence-corrected chi connectivity index (χ3v) is 12.2. The molecule has 2 aliphatic rings. The molecule has 0 saturated carbocycles. The Hall–Kier alpha value is -5.62. The quantitative estimate of drug-likeness (QED) is 0.104. The summed E-state index contributed by atoms with van der Waals surface area (Å²) in [5, 5.41) is 2.49. The molecule has 0 N–H and O–H groups in total. The third-order valence-electron chi connectivity index (χ3n) is 12.2. The van der Waals surface area contributed by atoms with E-state index in [0.717, 1.165) is 60.6 Å². The number of fused-ring (bicyclic) bond motifs is 4. The summed E-state index contributed by atoms with van der Waals surface area (Å²) < 4.78 is 17.3. The second-order valence-corrected chi connectivity index (χ2v) is 17.6. The highest BCUT2D eigenvalue weighted by atomic mass is 16.5. The van der Waals surface area contributed by atoms with Gasteiger partial charge in [0.25, 0.3) is 0 Å². The van der Waals surface area contributed by atoms with E-state index in [1.54, 1.807) is 0 Å². The molecule has 0 amide bonds. The lowest BCUT2D eigenvalue weighted by atomic mass is 9.77. The fraction of sp³-hybridized carbons (Fsp3) is 0.333. The fourth-order valence-corrected chi connectivity index (χ4v) is 8.77. The summed E-state index contributed by atoms with van der Waals surface area (Å²) in [7, 11) is 4.14. The van der Waals surface area contributed by atoms with Gasteiger partial charge in [0, 0.05) is 63.4 Å². The Morgan fingerprint density at radius 3 is 1.32 bits per heavy atom. The van der Waals surface area contributed by atoms with E-state index in [4.69, 9.17) is 9.47 Å². The van der Waals surface area contributed by atoms with Gasteiger partial charge in [-0.2, -0.15) is 9.13 Å². The predicted molar refractivity (Wildman–Crippen MR) is 235 cm³/mol. The normalized spacial score (nSPS) is 15.4. The molecule has 0 radical (unpaired) electrons. The summed E-state index contributed by atoms with van der Waals surface area (Å²) >= 11 is 0. The smallest absolute Gasteiger partial charge is 0.213 e. The van der Waals surface area contributed by atoms with Crippen LogP contribution >= 0.6 is 0 Å². The molecule has 57 heavy (non-hydrogen) atoms. The van der Waals surface area contributed by atoms with Gasteiger partial charge in [0.1, 0.15) is 13.1 Å². The van der Waals surface area contributed by atoms with Crippen molar-refractivity contribution < 1.29 is 18.6 Å². The van der Waals surface area contributed by atoms with E-state index >= 15 is 0 Å². The Morgan fingerprint density at radius 1 is 0.491 bits per heavy atom. The van der Waals surface area contributed by atoms with Gasteiger partial charge in [-0.3, -0.25) is 0 Å². The van der Waals surface area contributed by atoms with E-state index in [0.29, 0.717) is 10.8 Å². The summed E-state index contributed by atoms with van der Waals surface area (Å²) in [6, 6.07) is 38.4. The first kappa shape index (κ1) is 38.3. The average molecular weight is 759 g/mol. The van der Waals surface area contributed by atoms with Gasteiger partial charge in [-0.05, 0) is 84.0 Å². The van der Waals surface area contributed by atoms with Crippen molar-refractivity contribution in [2.24, 2.45) is 10.8 Å². The van der Waals surface area contributed by atoms with E-state index in [9.17, 15) is 0 Å². The fourth-order valence-electron chi connectivity index (χ4n) is 8.77. The molecule has 6 heteroatoms. The topological polar surface area (TPSA) is 32.7 Å². The molecule has 2 aliphatic heterocycles. The molecule has 0 saturated heterocycles. The highest BCUT2D eigenvalue weighted by Gasteiger charge is 2.26. The van der Waals surface area contributed by atoms with Crippen LogP contribution in [0, 0.1) is 10.8 Å². The number of aryl methyl sites for hydroxylation is 2. The Labute approximate surface area is 339 Å². The van der Waals surface area contributed by atoms with Gasteiger partial charge in [0.15, 0.2) is 23.9 Å². The van der Waals surface area contributed by atoms with Gasteiger partial charge in [0.05, 0.1) is 22.1 Å². The first-order valence-electron chi connectivity index (χ1n) is 20.8. The SMILES string of the molecule is CN1/C(=C/c2cc[n+](CCCC(C)(C)CCCC(C)(C)CCC[n+]3ccc(/C=C4\Oc5ccccc5N4C)c4ccccc43)c3ccccc23)Oc2ccccc21. The van der Waals surface area contributed by atoms with Crippen LogP contribution in [0.4, 0.5) is 11.4 Å². The maximum atomic E-state index is 6.21. The number of pyridine rings is 2. The van der Waals surface area contributed by atoms with Crippen molar-refractivity contribution in [3.63, 3.8) is 0 Å². The summed E-state index contributed by atoms with van der Waals surface area (Å²) in [5.41, 5.74) is 7.69. The Morgan fingerprint density at radius 2 is 0.877 bits per heavy atom. The molecule has 8 rings (SSSR count). The van der Waals surface area contributed by atoms with E-state index in [1.165, 1.54) is 65.0 Å². The van der Waals surface area contributed by atoms with Crippen molar-refractivity contribution >= 4 is 45.3 Å². The minimum absolute atomic E-state index is 0.309. The minimum Gasteiger partial charge on any atom is -0.439 e. The van der Waals surface area contributed by atoms with Crippen LogP contribution in [0.5, 0.6) is 11.5 Å². The Bertz CT molecular complexity index is 2290. The lowest BCUT2D eigenvalue weighted by molar-refractivity contribution is -0.672. The van der Waals surface area contributed by atoms with Crippen LogP contribution in [-0.4, -0.2) is 14.1 Å². The van der Waals surface area contributed by atoms with Crippen molar-refractivity contribution in [3.05, 3.63) is 144 Å². The molecule has 4 aromatic carbocycles. The Balaban J connectivity index is 0.823. The number of anilines is 2. The molecule has 6 nitrogen and oxygen atoms in total. The summed E-state index contributed by atoms with van der Waals surface area (Å²) in [6.45, 7) is 11.9. The summed E-state index contributed by atoms with van der Waals surface area (Å²) in [4.78, 5) is 4.25. The first-order chi connectivity index (χ1) is 27.6. The largest absolute Gasteiger partial charge is 0.439 e. The molecule has 4 heterocycles. The van der Waals surface area contributed by atoms with Crippen LogP contribution in [0.3, 0.4) is 0 Å². The molecule has 0 unspecified atom stereocenters. The molecule has 0 spiro atoms. The van der Waals surface area contributed by atoms with Crippen molar-refractivity contribution in [2.45, 2.75) is 85.7 Å². The molecular weight excluding hydrogens is 701 g/mol.